The van der Waals surface area contributed by atoms with Gasteiger partial charge in [-0.3, -0.25) is 0 Å². The first-order valence-electron chi connectivity index (χ1n) is 6.29. The summed E-state index contributed by atoms with van der Waals surface area (Å²) in [5, 5.41) is 0. The molecule has 96 valence electrons. The van der Waals surface area contributed by atoms with Crippen LogP contribution in [0.25, 0.3) is 0 Å². The van der Waals surface area contributed by atoms with E-state index in [1.807, 2.05) is 12.1 Å². The molecule has 0 amide bonds. The maximum absolute atomic E-state index is 5.93. The summed E-state index contributed by atoms with van der Waals surface area (Å²) in [6.45, 7) is 5.85. The maximum Gasteiger partial charge on any atom is 0.136 e. The van der Waals surface area contributed by atoms with Crippen LogP contribution in [0.1, 0.15) is 32.3 Å². The van der Waals surface area contributed by atoms with Gasteiger partial charge in [0, 0.05) is 0 Å². The number of ether oxygens (including phenoxy) is 1. The SMILES string of the molecule is CCCC(C)COc1c(Br)cccc1CCN. The number of rotatable bonds is 7. The van der Waals surface area contributed by atoms with Crippen LogP contribution in [0.3, 0.4) is 0 Å². The molecule has 0 spiro atoms. The lowest BCUT2D eigenvalue weighted by Gasteiger charge is -2.16. The van der Waals surface area contributed by atoms with E-state index in [0.717, 1.165) is 23.2 Å². The highest BCUT2D eigenvalue weighted by Crippen LogP contribution is 2.29. The second-order valence-corrected chi connectivity index (χ2v) is 5.33. The van der Waals surface area contributed by atoms with Crippen molar-refractivity contribution in [1.29, 1.82) is 0 Å². The average molecular weight is 300 g/mol. The van der Waals surface area contributed by atoms with Crippen LogP contribution < -0.4 is 10.5 Å². The molecule has 1 rings (SSSR count). The summed E-state index contributed by atoms with van der Waals surface area (Å²) >= 11 is 3.54. The summed E-state index contributed by atoms with van der Waals surface area (Å²) in [7, 11) is 0. The molecule has 2 nitrogen and oxygen atoms in total. The normalized spacial score (nSPS) is 12.5. The van der Waals surface area contributed by atoms with Gasteiger partial charge in [0.25, 0.3) is 0 Å². The molecule has 17 heavy (non-hydrogen) atoms. The van der Waals surface area contributed by atoms with E-state index in [1.165, 1.54) is 18.4 Å². The van der Waals surface area contributed by atoms with Gasteiger partial charge in [0.05, 0.1) is 11.1 Å². The van der Waals surface area contributed by atoms with E-state index in [-0.39, 0.29) is 0 Å². The lowest BCUT2D eigenvalue weighted by Crippen LogP contribution is -2.11. The molecule has 1 aromatic rings. The number of nitrogens with two attached hydrogens (primary N) is 1. The second kappa shape index (κ2) is 7.72. The van der Waals surface area contributed by atoms with Crippen molar-refractivity contribution in [3.63, 3.8) is 0 Å². The summed E-state index contributed by atoms with van der Waals surface area (Å²) in [6.07, 6.45) is 3.27. The molecular weight excluding hydrogens is 278 g/mol. The van der Waals surface area contributed by atoms with Gasteiger partial charge in [0.2, 0.25) is 0 Å². The lowest BCUT2D eigenvalue weighted by molar-refractivity contribution is 0.248. The highest BCUT2D eigenvalue weighted by Gasteiger charge is 2.09. The van der Waals surface area contributed by atoms with Gasteiger partial charge in [-0.2, -0.15) is 0 Å². The molecule has 2 N–H and O–H groups in total. The van der Waals surface area contributed by atoms with Crippen LogP contribution >= 0.6 is 15.9 Å². The first-order valence-corrected chi connectivity index (χ1v) is 7.08. The van der Waals surface area contributed by atoms with Gasteiger partial charge in [-0.15, -0.1) is 0 Å². The standard InChI is InChI=1S/C14H22BrNO/c1-3-5-11(2)10-17-14-12(8-9-16)6-4-7-13(14)15/h4,6-7,11H,3,5,8-10,16H2,1-2H3. The first-order chi connectivity index (χ1) is 8.19. The summed E-state index contributed by atoms with van der Waals surface area (Å²) < 4.78 is 6.95. The van der Waals surface area contributed by atoms with Crippen molar-refractivity contribution >= 4 is 15.9 Å². The molecule has 0 saturated heterocycles. The Morgan fingerprint density at radius 1 is 1.41 bits per heavy atom. The third-order valence-electron chi connectivity index (χ3n) is 2.76. The Morgan fingerprint density at radius 3 is 2.82 bits per heavy atom. The molecule has 0 radical (unpaired) electrons. The van der Waals surface area contributed by atoms with Crippen LogP contribution in [0, 0.1) is 5.92 Å². The van der Waals surface area contributed by atoms with Gasteiger partial charge in [-0.25, -0.2) is 0 Å². The molecule has 0 aromatic heterocycles. The smallest absolute Gasteiger partial charge is 0.136 e. The Balaban J connectivity index is 2.68. The van der Waals surface area contributed by atoms with E-state index in [4.69, 9.17) is 10.5 Å². The minimum Gasteiger partial charge on any atom is -0.492 e. The van der Waals surface area contributed by atoms with Crippen molar-refractivity contribution < 1.29 is 4.74 Å². The van der Waals surface area contributed by atoms with E-state index >= 15 is 0 Å². The van der Waals surface area contributed by atoms with E-state index in [1.54, 1.807) is 0 Å². The second-order valence-electron chi connectivity index (χ2n) is 4.47. The predicted molar refractivity (Wildman–Crippen MR) is 76.5 cm³/mol. The van der Waals surface area contributed by atoms with Crippen LogP contribution in [0.2, 0.25) is 0 Å². The molecule has 3 heteroatoms. The van der Waals surface area contributed by atoms with E-state index < -0.39 is 0 Å². The molecule has 0 saturated carbocycles. The minimum absolute atomic E-state index is 0.595. The van der Waals surface area contributed by atoms with Crippen LogP contribution in [0.15, 0.2) is 22.7 Å². The summed E-state index contributed by atoms with van der Waals surface area (Å²) in [6, 6.07) is 6.12. The van der Waals surface area contributed by atoms with Crippen LogP contribution in [0.5, 0.6) is 5.75 Å². The van der Waals surface area contributed by atoms with Gasteiger partial charge >= 0.3 is 0 Å². The number of para-hydroxylation sites is 1. The fourth-order valence-corrected chi connectivity index (χ4v) is 2.39. The van der Waals surface area contributed by atoms with Gasteiger partial charge in [0.15, 0.2) is 0 Å². The molecule has 0 aliphatic carbocycles. The monoisotopic (exact) mass is 299 g/mol. The zero-order valence-electron chi connectivity index (χ0n) is 10.7. The van der Waals surface area contributed by atoms with Crippen LogP contribution in [-0.4, -0.2) is 13.2 Å². The molecule has 0 aliphatic rings. The van der Waals surface area contributed by atoms with Gasteiger partial charge < -0.3 is 10.5 Å². The number of hydrogen-bond acceptors (Lipinski definition) is 2. The first kappa shape index (κ1) is 14.5. The fraction of sp³-hybridized carbons (Fsp3) is 0.571. The number of benzene rings is 1. The quantitative estimate of drug-likeness (QED) is 0.832. The highest BCUT2D eigenvalue weighted by molar-refractivity contribution is 9.10. The maximum atomic E-state index is 5.93. The Bertz CT molecular complexity index is 341. The van der Waals surface area contributed by atoms with Crippen molar-refractivity contribution in [1.82, 2.24) is 0 Å². The van der Waals surface area contributed by atoms with Crippen LogP contribution in [-0.2, 0) is 6.42 Å². The Morgan fingerprint density at radius 2 is 2.18 bits per heavy atom. The molecule has 0 heterocycles. The third-order valence-corrected chi connectivity index (χ3v) is 3.38. The van der Waals surface area contributed by atoms with Gasteiger partial charge in [-0.05, 0) is 52.9 Å². The summed E-state index contributed by atoms with van der Waals surface area (Å²) in [4.78, 5) is 0. The molecule has 0 bridgehead atoms. The zero-order chi connectivity index (χ0) is 12.7. The average Bonchev–Trinajstić information content (AvgIpc) is 2.29. The lowest BCUT2D eigenvalue weighted by atomic mass is 10.1. The van der Waals surface area contributed by atoms with Gasteiger partial charge in [0.1, 0.15) is 5.75 Å². The highest BCUT2D eigenvalue weighted by atomic mass is 79.9. The number of hydrogen-bond donors (Lipinski definition) is 1. The Kier molecular flexibility index (Phi) is 6.60. The van der Waals surface area contributed by atoms with E-state index in [9.17, 15) is 0 Å². The van der Waals surface area contributed by atoms with E-state index in [2.05, 4.69) is 35.8 Å². The molecule has 1 aromatic carbocycles. The molecule has 1 unspecified atom stereocenters. The zero-order valence-corrected chi connectivity index (χ0v) is 12.3. The third kappa shape index (κ3) is 4.68. The molecule has 1 atom stereocenters. The van der Waals surface area contributed by atoms with Crippen molar-refractivity contribution in [3.05, 3.63) is 28.2 Å². The number of halogens is 1. The predicted octanol–water partition coefficient (Wildman–Crippen LogP) is 3.77. The summed E-state index contributed by atoms with van der Waals surface area (Å²) in [5.41, 5.74) is 6.80. The van der Waals surface area contributed by atoms with Crippen molar-refractivity contribution in [2.75, 3.05) is 13.2 Å². The largest absolute Gasteiger partial charge is 0.492 e. The fourth-order valence-electron chi connectivity index (χ4n) is 1.87. The molecule has 0 fully saturated rings. The van der Waals surface area contributed by atoms with Crippen molar-refractivity contribution in [3.8, 4) is 5.75 Å². The van der Waals surface area contributed by atoms with Crippen molar-refractivity contribution in [2.24, 2.45) is 11.7 Å². The minimum atomic E-state index is 0.595. The van der Waals surface area contributed by atoms with Crippen LogP contribution in [0.4, 0.5) is 0 Å². The molecule has 0 aliphatic heterocycles. The Labute approximate surface area is 113 Å². The Hall–Kier alpha value is -0.540. The van der Waals surface area contributed by atoms with E-state index in [0.29, 0.717) is 12.5 Å². The van der Waals surface area contributed by atoms with Gasteiger partial charge in [-0.1, -0.05) is 32.4 Å². The molecular formula is C14H22BrNO. The summed E-state index contributed by atoms with van der Waals surface area (Å²) in [5.74, 6) is 1.55. The topological polar surface area (TPSA) is 35.2 Å². The van der Waals surface area contributed by atoms with Crippen molar-refractivity contribution in [2.45, 2.75) is 33.1 Å².